The number of carbonyl (C=O) groups is 3. The molecule has 0 amide bonds. The predicted molar refractivity (Wildman–Crippen MR) is 496 cm³/mol. The number of aliphatic hydroxyl groups is 1. The number of aromatic nitrogens is 6. The Morgan fingerprint density at radius 2 is 0.624 bits per heavy atom. The maximum atomic E-state index is 10.0. The molecular formula is C109H87IrN6Na2O7-4. The summed E-state index contributed by atoms with van der Waals surface area (Å²) in [5, 5.41) is 27.1. The topological polar surface area (TPSA) is 171 Å². The molecular weight excluding hydrogens is 1740 g/mol. The Morgan fingerprint density at radius 3 is 0.848 bits per heavy atom. The van der Waals surface area contributed by atoms with Crippen LogP contribution in [0.5, 0.6) is 0 Å². The third-order valence-corrected chi connectivity index (χ3v) is 21.8. The number of fused-ring (bicyclic) bond motifs is 12. The van der Waals surface area contributed by atoms with Gasteiger partial charge in [-0.05, 0) is 200 Å². The van der Waals surface area contributed by atoms with E-state index in [2.05, 4.69) is 361 Å². The van der Waals surface area contributed by atoms with E-state index in [-0.39, 0.29) is 117 Å². The predicted octanol–water partition coefficient (Wildman–Crippen LogP) is 18.5. The van der Waals surface area contributed by atoms with E-state index in [4.69, 9.17) is 20.0 Å². The molecule has 0 aliphatic heterocycles. The molecule has 6 aromatic heterocycles. The molecule has 0 unspecified atom stereocenters. The Morgan fingerprint density at radius 1 is 0.368 bits per heavy atom. The van der Waals surface area contributed by atoms with E-state index in [0.29, 0.717) is 0 Å². The molecule has 0 saturated carbocycles. The maximum Gasteiger partial charge on any atom is 1.00 e. The van der Waals surface area contributed by atoms with Crippen LogP contribution in [0.1, 0.15) is 57.8 Å². The zero-order chi connectivity index (χ0) is 84.0. The first-order chi connectivity index (χ1) is 59.7. The van der Waals surface area contributed by atoms with E-state index in [9.17, 15) is 9.59 Å². The van der Waals surface area contributed by atoms with Crippen LogP contribution in [0.15, 0.2) is 376 Å². The van der Waals surface area contributed by atoms with Crippen molar-refractivity contribution in [2.75, 3.05) is 0 Å². The van der Waals surface area contributed by atoms with Gasteiger partial charge in [0.15, 0.2) is 0 Å². The number of pyridine rings is 2. The third-order valence-electron chi connectivity index (χ3n) is 21.8. The Bertz CT molecular complexity index is 6680. The van der Waals surface area contributed by atoms with E-state index >= 15 is 0 Å². The van der Waals surface area contributed by atoms with Gasteiger partial charge in [0, 0.05) is 78.2 Å². The normalized spacial score (nSPS) is 10.9. The zero-order valence-corrected chi connectivity index (χ0v) is 76.7. The van der Waals surface area contributed by atoms with Crippen molar-refractivity contribution >= 4 is 111 Å². The molecule has 0 radical (unpaired) electrons. The van der Waals surface area contributed by atoms with Crippen molar-refractivity contribution in [1.82, 2.24) is 28.2 Å². The summed E-state index contributed by atoms with van der Waals surface area (Å²) in [5.41, 5.74) is 28.4. The van der Waals surface area contributed by atoms with Crippen LogP contribution in [-0.2, 0) is 65.1 Å². The number of ketones is 3. The minimum absolute atomic E-state index is 0. The van der Waals surface area contributed by atoms with Crippen molar-refractivity contribution in [3.8, 4) is 67.5 Å². The fourth-order valence-corrected chi connectivity index (χ4v) is 16.3. The minimum Gasteiger partial charge on any atom is -3.00 e. The second kappa shape index (κ2) is 42.1. The minimum atomic E-state index is -0.181. The summed E-state index contributed by atoms with van der Waals surface area (Å²) in [5.74, 6) is 0.125. The number of aliphatic hydroxyl groups excluding tert-OH is 1. The molecule has 0 atom stereocenters. The molecule has 20 aromatic rings. The van der Waals surface area contributed by atoms with Crippen LogP contribution in [0.2, 0.25) is 0 Å². The van der Waals surface area contributed by atoms with Crippen LogP contribution in [0.3, 0.4) is 0 Å². The van der Waals surface area contributed by atoms with Crippen LogP contribution in [0.25, 0.3) is 155 Å². The number of aryl methyl sites for hydroxylation is 4. The smallest absolute Gasteiger partial charge is 1.00 e. The van der Waals surface area contributed by atoms with Crippen molar-refractivity contribution in [2.45, 2.75) is 59.8 Å². The number of Topliss-reactive ketones (excluding diaryl/α,β-unsaturated/α-hetero) is 2. The first-order valence-electron chi connectivity index (χ1n) is 40.6. The van der Waals surface area contributed by atoms with Crippen molar-refractivity contribution in [1.29, 1.82) is 0 Å². The Kier molecular flexibility index (Phi) is 30.3. The van der Waals surface area contributed by atoms with E-state index in [1.807, 2.05) is 48.8 Å². The van der Waals surface area contributed by atoms with Gasteiger partial charge in [-0.25, -0.2) is 0 Å². The quantitative estimate of drug-likeness (QED) is 0.0102. The van der Waals surface area contributed by atoms with E-state index in [1.54, 1.807) is 0 Å². The van der Waals surface area contributed by atoms with Gasteiger partial charge in [0.1, 0.15) is 11.6 Å². The zero-order valence-electron chi connectivity index (χ0n) is 71.3. The van der Waals surface area contributed by atoms with E-state index in [0.717, 1.165) is 59.6 Å². The van der Waals surface area contributed by atoms with Crippen molar-refractivity contribution in [3.05, 3.63) is 410 Å². The van der Waals surface area contributed by atoms with Crippen molar-refractivity contribution in [2.24, 2.45) is 0 Å². The first kappa shape index (κ1) is 90.0. The van der Waals surface area contributed by atoms with Gasteiger partial charge < -0.3 is 65.0 Å². The van der Waals surface area contributed by atoms with Gasteiger partial charge in [0.25, 0.3) is 6.47 Å². The summed E-state index contributed by atoms with van der Waals surface area (Å²) < 4.78 is 9.53. The molecule has 16 heteroatoms. The van der Waals surface area contributed by atoms with Gasteiger partial charge in [0.2, 0.25) is 0 Å². The van der Waals surface area contributed by atoms with Crippen LogP contribution < -0.4 is 64.4 Å². The molecule has 125 heavy (non-hydrogen) atoms. The molecule has 6 heterocycles. The fourth-order valence-electron chi connectivity index (χ4n) is 16.3. The van der Waals surface area contributed by atoms with Gasteiger partial charge in [-0.3, -0.25) is 19.2 Å². The average molecular weight is 1830 g/mol. The molecule has 610 valence electrons. The number of para-hydroxylation sites is 6. The standard InChI is InChI=1S/2C49H34N3.2C5H8O2.CH2O3.Ir.2Na.H/c2*1-4-13-46-41(9-1)42-10-2-5-14-47(42)51(46)39-27-23-36(24-28-39)37-25-29-40(30-26-37)52-48-15-6-3-11-43(48)44-33-35(20-31-49(44)52)17-16-34-18-21-38(22-19-34)45-12-7-8-32-50-45;2*1-4(6)3-5(2)7;2-1-4-3;;;;/h2*1-15,18-21,23-33H,16-17H2;3H2,1-2H3;3,6H,1-2H3;1,3H;;;;/q2*-1;;;;-3;2*+1;-1. The number of allylic oxidation sites excluding steroid dienone is 2. The number of benzene rings is 14. The van der Waals surface area contributed by atoms with E-state index in [1.165, 1.54) is 177 Å². The Labute approximate surface area is 785 Å². The van der Waals surface area contributed by atoms with Gasteiger partial charge >= 0.3 is 64.9 Å². The summed E-state index contributed by atoms with van der Waals surface area (Å²) in [4.78, 5) is 48.6. The number of rotatable bonds is 18. The van der Waals surface area contributed by atoms with Crippen molar-refractivity contribution in [3.63, 3.8) is 0 Å². The molecule has 0 spiro atoms. The van der Waals surface area contributed by atoms with Gasteiger partial charge in [-0.1, -0.05) is 207 Å². The number of nitrogens with zero attached hydrogens (tertiary/aromatic N) is 6. The van der Waals surface area contributed by atoms with Gasteiger partial charge in [-0.15, -0.1) is 70.8 Å². The monoisotopic (exact) mass is 1830 g/mol. The summed E-state index contributed by atoms with van der Waals surface area (Å²) in [7, 11) is 0. The summed E-state index contributed by atoms with van der Waals surface area (Å²) >= 11 is 0. The fraction of sp³-hybridized carbons (Fsp3) is 0.0826. The molecule has 0 bridgehead atoms. The summed E-state index contributed by atoms with van der Waals surface area (Å²) in [6.45, 7) is 5.63. The number of carbonyl (C=O) groups excluding carboxylic acids is 4. The molecule has 0 saturated heterocycles. The second-order valence-corrected chi connectivity index (χ2v) is 30.2. The van der Waals surface area contributed by atoms with Crippen LogP contribution in [0, 0.1) is 12.1 Å². The first-order valence-corrected chi connectivity index (χ1v) is 40.6. The van der Waals surface area contributed by atoms with Gasteiger partial charge in [0.05, 0.1) is 69.3 Å². The van der Waals surface area contributed by atoms with Crippen LogP contribution in [-0.4, -0.2) is 62.0 Å². The van der Waals surface area contributed by atoms with Crippen LogP contribution in [0.4, 0.5) is 0 Å². The maximum absolute atomic E-state index is 10.0. The average Bonchev–Trinajstić information content (AvgIpc) is 1.57. The molecule has 20 rings (SSSR count). The molecule has 14 aromatic carbocycles. The molecule has 2 N–H and O–H groups in total. The second-order valence-electron chi connectivity index (χ2n) is 30.2. The molecule has 0 aliphatic carbocycles. The summed E-state index contributed by atoms with van der Waals surface area (Å²) in [6, 6.07) is 134. The molecule has 0 fully saturated rings. The molecule has 13 nitrogen and oxygen atoms in total. The SMILES string of the molecule is CC(=O)CC(C)=O.CC(=[OH+])C=C(C)O.O=CO[O-].[H-].[Ir-3].[Na+].[Na+].[c-]1cc(CCc2ccc3c(c2)c2ccccc2n3-c2ccc(-c3ccc(-n4c5ccccc5c5ccccc54)cc3)cc2)ccc1-c1ccccn1.[c-]1cc(CCc2ccc3c(c2)c2ccccc2n3-c2ccc(-c3ccc(-n4c5ccccc5c5ccccc54)cc3)cc2)ccc1-c1ccccn1. The Hall–Kier alpha value is -12.8. The Balaban J connectivity index is 0.000000187. The number of hydrogen-bond donors (Lipinski definition) is 1. The summed E-state index contributed by atoms with van der Waals surface area (Å²) in [6.07, 6.45) is 8.88. The largest absolute Gasteiger partial charge is 3.00 e. The van der Waals surface area contributed by atoms with Crippen molar-refractivity contribution < 1.29 is 115 Å². The molecule has 0 aliphatic rings. The number of hydrogen-bond acceptors (Lipinski definition) is 8. The van der Waals surface area contributed by atoms with Gasteiger partial charge in [-0.2, -0.15) is 0 Å². The third kappa shape index (κ3) is 20.5. The van der Waals surface area contributed by atoms with Crippen LogP contribution >= 0.6 is 0 Å². The van der Waals surface area contributed by atoms with E-state index < -0.39 is 0 Å².